The average molecular weight is 393 g/mol. The second-order valence-electron chi connectivity index (χ2n) is 5.88. The maximum absolute atomic E-state index is 5.47. The molecule has 2 aromatic carbocycles. The highest BCUT2D eigenvalue weighted by Gasteiger charge is 2.17. The molecule has 0 radical (unpaired) electrons. The number of para-hydroxylation sites is 2. The van der Waals surface area contributed by atoms with Gasteiger partial charge < -0.3 is 9.30 Å². The van der Waals surface area contributed by atoms with Crippen molar-refractivity contribution in [2.45, 2.75) is 24.4 Å². The largest absolute Gasteiger partial charge is 0.496 e. The van der Waals surface area contributed by atoms with Gasteiger partial charge in [-0.3, -0.25) is 0 Å². The number of ether oxygens (including phenoxy) is 1. The van der Waals surface area contributed by atoms with Gasteiger partial charge in [0.1, 0.15) is 5.75 Å². The number of hydrogen-bond donors (Lipinski definition) is 0. The fraction of sp³-hybridized carbons (Fsp3) is 0.211. The topological polar surface area (TPSA) is 83.5 Å². The summed E-state index contributed by atoms with van der Waals surface area (Å²) < 4.78 is 9.28. The minimum atomic E-state index is 0.575. The summed E-state index contributed by atoms with van der Waals surface area (Å²) in [4.78, 5) is 0. The molecule has 0 unspecified atom stereocenters. The molecule has 8 nitrogen and oxygen atoms in total. The van der Waals surface area contributed by atoms with Crippen LogP contribution < -0.4 is 4.74 Å². The van der Waals surface area contributed by atoms with Gasteiger partial charge in [-0.2, -0.15) is 4.68 Å². The van der Waals surface area contributed by atoms with Crippen LogP contribution in [0.1, 0.15) is 12.7 Å². The number of hydrogen-bond acceptors (Lipinski definition) is 7. The predicted octanol–water partition coefficient (Wildman–Crippen LogP) is 3.24. The highest BCUT2D eigenvalue weighted by Crippen LogP contribution is 2.31. The number of thioether (sulfide) groups is 1. The first-order valence-corrected chi connectivity index (χ1v) is 9.82. The van der Waals surface area contributed by atoms with Crippen molar-refractivity contribution in [2.24, 2.45) is 0 Å². The fourth-order valence-electron chi connectivity index (χ4n) is 2.90. The summed E-state index contributed by atoms with van der Waals surface area (Å²) >= 11 is 1.55. The number of rotatable bonds is 7. The molecule has 0 saturated carbocycles. The third kappa shape index (κ3) is 3.48. The van der Waals surface area contributed by atoms with E-state index in [1.807, 2.05) is 54.6 Å². The first kappa shape index (κ1) is 18.2. The summed E-state index contributed by atoms with van der Waals surface area (Å²) in [7, 11) is 1.66. The molecule has 4 aromatic rings. The number of methoxy groups -OCH3 is 1. The van der Waals surface area contributed by atoms with Gasteiger partial charge in [0, 0.05) is 6.54 Å². The monoisotopic (exact) mass is 393 g/mol. The van der Waals surface area contributed by atoms with Crippen LogP contribution in [0.25, 0.3) is 17.1 Å². The maximum Gasteiger partial charge on any atom is 0.191 e. The Labute approximate surface area is 166 Å². The van der Waals surface area contributed by atoms with Gasteiger partial charge in [0.25, 0.3) is 0 Å². The molecule has 9 heteroatoms. The summed E-state index contributed by atoms with van der Waals surface area (Å²) in [5.74, 6) is 2.88. The molecule has 4 rings (SSSR count). The van der Waals surface area contributed by atoms with Crippen LogP contribution in [0.4, 0.5) is 0 Å². The molecular formula is C19H19N7OS. The Morgan fingerprint density at radius 3 is 2.54 bits per heavy atom. The SMILES string of the molecule is CCn1c(SCc2nnnn2-c2ccccc2)nnc1-c1ccccc1OC. The molecule has 0 aliphatic heterocycles. The molecule has 0 spiro atoms. The fourth-order valence-corrected chi connectivity index (χ4v) is 3.81. The van der Waals surface area contributed by atoms with Crippen molar-refractivity contribution in [3.05, 3.63) is 60.4 Å². The second kappa shape index (κ2) is 8.22. The Hall–Kier alpha value is -3.20. The summed E-state index contributed by atoms with van der Waals surface area (Å²) in [5.41, 5.74) is 1.84. The van der Waals surface area contributed by atoms with Crippen LogP contribution in [0.3, 0.4) is 0 Å². The molecule has 0 aliphatic carbocycles. The van der Waals surface area contributed by atoms with Gasteiger partial charge in [-0.15, -0.1) is 15.3 Å². The first-order chi connectivity index (χ1) is 13.8. The van der Waals surface area contributed by atoms with Crippen molar-refractivity contribution < 1.29 is 4.74 Å². The van der Waals surface area contributed by atoms with E-state index >= 15 is 0 Å². The maximum atomic E-state index is 5.47. The lowest BCUT2D eigenvalue weighted by Gasteiger charge is -2.10. The van der Waals surface area contributed by atoms with E-state index in [1.165, 1.54) is 0 Å². The van der Waals surface area contributed by atoms with E-state index in [1.54, 1.807) is 23.6 Å². The zero-order valence-corrected chi connectivity index (χ0v) is 16.4. The quantitative estimate of drug-likeness (QED) is 0.446. The van der Waals surface area contributed by atoms with E-state index in [0.29, 0.717) is 5.75 Å². The molecule has 142 valence electrons. The van der Waals surface area contributed by atoms with Gasteiger partial charge in [-0.1, -0.05) is 42.1 Å². The van der Waals surface area contributed by atoms with Gasteiger partial charge in [0.05, 0.1) is 24.1 Å². The molecule has 0 amide bonds. The molecule has 0 fully saturated rings. The molecule has 0 aliphatic rings. The normalized spacial score (nSPS) is 10.9. The van der Waals surface area contributed by atoms with Crippen LogP contribution in [-0.4, -0.2) is 42.1 Å². The number of benzene rings is 2. The lowest BCUT2D eigenvalue weighted by Crippen LogP contribution is -2.04. The van der Waals surface area contributed by atoms with Crippen LogP contribution in [0.2, 0.25) is 0 Å². The summed E-state index contributed by atoms with van der Waals surface area (Å²) in [5, 5.41) is 21.7. The van der Waals surface area contributed by atoms with Crippen molar-refractivity contribution in [2.75, 3.05) is 7.11 Å². The van der Waals surface area contributed by atoms with Crippen LogP contribution in [0.15, 0.2) is 59.8 Å². The second-order valence-corrected chi connectivity index (χ2v) is 6.82. The molecule has 0 atom stereocenters. The Kier molecular flexibility index (Phi) is 5.34. The van der Waals surface area contributed by atoms with E-state index in [4.69, 9.17) is 4.74 Å². The van der Waals surface area contributed by atoms with E-state index in [-0.39, 0.29) is 0 Å². The molecule has 0 saturated heterocycles. The number of nitrogens with zero attached hydrogens (tertiary/aromatic N) is 7. The van der Waals surface area contributed by atoms with E-state index in [2.05, 4.69) is 37.2 Å². The van der Waals surface area contributed by atoms with Crippen molar-refractivity contribution in [3.63, 3.8) is 0 Å². The lowest BCUT2D eigenvalue weighted by molar-refractivity contribution is 0.416. The Morgan fingerprint density at radius 1 is 0.964 bits per heavy atom. The predicted molar refractivity (Wildman–Crippen MR) is 106 cm³/mol. The highest BCUT2D eigenvalue weighted by molar-refractivity contribution is 7.98. The Morgan fingerprint density at radius 2 is 1.75 bits per heavy atom. The van der Waals surface area contributed by atoms with Gasteiger partial charge in [-0.05, 0) is 41.6 Å². The first-order valence-electron chi connectivity index (χ1n) is 8.84. The van der Waals surface area contributed by atoms with Crippen LogP contribution in [0, 0.1) is 0 Å². The summed E-state index contributed by atoms with van der Waals surface area (Å²) in [6.45, 7) is 2.81. The third-order valence-corrected chi connectivity index (χ3v) is 5.21. The summed E-state index contributed by atoms with van der Waals surface area (Å²) in [6, 6.07) is 17.6. The molecule has 28 heavy (non-hydrogen) atoms. The van der Waals surface area contributed by atoms with Crippen molar-refractivity contribution in [3.8, 4) is 22.8 Å². The molecule has 2 aromatic heterocycles. The van der Waals surface area contributed by atoms with Gasteiger partial charge in [0.2, 0.25) is 0 Å². The summed E-state index contributed by atoms with van der Waals surface area (Å²) in [6.07, 6.45) is 0. The zero-order chi connectivity index (χ0) is 19.3. The standard InChI is InChI=1S/C19H19N7OS/c1-3-25-18(15-11-7-8-12-16(15)27-2)21-22-19(25)28-13-17-20-23-24-26(17)14-9-5-4-6-10-14/h4-12H,3,13H2,1-2H3. The van der Waals surface area contributed by atoms with Crippen LogP contribution in [0.5, 0.6) is 5.75 Å². The molecule has 0 bridgehead atoms. The Bertz CT molecular complexity index is 1060. The molecule has 2 heterocycles. The third-order valence-electron chi connectivity index (χ3n) is 4.25. The smallest absolute Gasteiger partial charge is 0.191 e. The van der Waals surface area contributed by atoms with Crippen LogP contribution >= 0.6 is 11.8 Å². The van der Waals surface area contributed by atoms with E-state index < -0.39 is 0 Å². The average Bonchev–Trinajstić information content (AvgIpc) is 3.39. The van der Waals surface area contributed by atoms with E-state index in [0.717, 1.165) is 40.4 Å². The Balaban J connectivity index is 1.59. The number of tetrazole rings is 1. The van der Waals surface area contributed by atoms with Gasteiger partial charge in [-0.25, -0.2) is 0 Å². The number of aromatic nitrogens is 7. The van der Waals surface area contributed by atoms with Crippen LogP contribution in [-0.2, 0) is 12.3 Å². The van der Waals surface area contributed by atoms with Gasteiger partial charge in [0.15, 0.2) is 16.8 Å². The van der Waals surface area contributed by atoms with Crippen molar-refractivity contribution in [1.29, 1.82) is 0 Å². The van der Waals surface area contributed by atoms with Gasteiger partial charge >= 0.3 is 0 Å². The minimum absolute atomic E-state index is 0.575. The van der Waals surface area contributed by atoms with E-state index in [9.17, 15) is 0 Å². The van der Waals surface area contributed by atoms with Crippen molar-refractivity contribution in [1.82, 2.24) is 35.0 Å². The van der Waals surface area contributed by atoms with Crippen molar-refractivity contribution >= 4 is 11.8 Å². The highest BCUT2D eigenvalue weighted by atomic mass is 32.2. The molecular weight excluding hydrogens is 374 g/mol. The molecule has 0 N–H and O–H groups in total. The lowest BCUT2D eigenvalue weighted by atomic mass is 10.2. The zero-order valence-electron chi connectivity index (χ0n) is 15.6. The minimum Gasteiger partial charge on any atom is -0.496 e.